The van der Waals surface area contributed by atoms with E-state index in [1.807, 2.05) is 19.1 Å². The molecule has 0 radical (unpaired) electrons. The van der Waals surface area contributed by atoms with Gasteiger partial charge in [0.2, 0.25) is 5.91 Å². The molecular formula is C22H20F2N4O4. The first-order chi connectivity index (χ1) is 15.3. The number of carbonyl (C=O) groups is 1. The molecular weight excluding hydrogens is 422 g/mol. The highest BCUT2D eigenvalue weighted by atomic mass is 19.3. The number of non-ortho nitro benzene ring substituents is 1. The molecule has 1 fully saturated rings. The number of amides is 1. The summed E-state index contributed by atoms with van der Waals surface area (Å²) in [7, 11) is 0. The number of benzene rings is 2. The number of nitro groups is 1. The minimum absolute atomic E-state index is 0.120. The number of hydrogen-bond acceptors (Lipinski definition) is 5. The van der Waals surface area contributed by atoms with E-state index in [-0.39, 0.29) is 35.3 Å². The van der Waals surface area contributed by atoms with Crippen LogP contribution < -0.4 is 10.1 Å². The molecule has 0 aliphatic heterocycles. The summed E-state index contributed by atoms with van der Waals surface area (Å²) in [5, 5.41) is 17.8. The standard InChI is InChI=1S/C22H20F2N4O4/c1-13-4-2-3-5-20(13)32-17-9-15(8-16(10-17)28(30)31)25-21(29)12-27-19(14-6-7-14)11-18(26-27)22(23)24/h2-5,8-11,14,22H,6-7,12H2,1H3,(H,25,29). The number of anilines is 1. The van der Waals surface area contributed by atoms with Crippen LogP contribution >= 0.6 is 0 Å². The highest BCUT2D eigenvalue weighted by molar-refractivity contribution is 5.91. The van der Waals surface area contributed by atoms with Crippen LogP contribution in [-0.2, 0) is 11.3 Å². The molecule has 4 rings (SSSR count). The van der Waals surface area contributed by atoms with Crippen LogP contribution in [0.2, 0.25) is 0 Å². The summed E-state index contributed by atoms with van der Waals surface area (Å²) in [5.41, 5.74) is 0.957. The molecule has 0 spiro atoms. The number of para-hydroxylation sites is 1. The number of nitro benzene ring substituents is 1. The Labute approximate surface area is 182 Å². The smallest absolute Gasteiger partial charge is 0.282 e. The number of halogens is 2. The molecule has 10 heteroatoms. The fraction of sp³-hybridized carbons (Fsp3) is 0.273. The van der Waals surface area contributed by atoms with Crippen molar-refractivity contribution in [2.45, 2.75) is 38.7 Å². The van der Waals surface area contributed by atoms with Gasteiger partial charge >= 0.3 is 0 Å². The molecule has 1 aromatic heterocycles. The lowest BCUT2D eigenvalue weighted by atomic mass is 10.2. The molecule has 8 nitrogen and oxygen atoms in total. The maximum atomic E-state index is 13.0. The molecule has 3 aromatic rings. The van der Waals surface area contributed by atoms with Gasteiger partial charge in [-0.25, -0.2) is 8.78 Å². The Balaban J connectivity index is 1.54. The Kier molecular flexibility index (Phi) is 5.85. The van der Waals surface area contributed by atoms with Gasteiger partial charge in [0, 0.05) is 23.7 Å². The number of aryl methyl sites for hydroxylation is 1. The number of rotatable bonds is 8. The van der Waals surface area contributed by atoms with Crippen LogP contribution in [0.3, 0.4) is 0 Å². The van der Waals surface area contributed by atoms with Gasteiger partial charge in [-0.1, -0.05) is 18.2 Å². The van der Waals surface area contributed by atoms with Gasteiger partial charge in [0.1, 0.15) is 23.7 Å². The molecule has 1 aliphatic rings. The fourth-order valence-electron chi connectivity index (χ4n) is 3.35. The number of alkyl halides is 2. The number of nitrogens with zero attached hydrogens (tertiary/aromatic N) is 3. The number of carbonyl (C=O) groups excluding carboxylic acids is 1. The first kappa shape index (κ1) is 21.4. The molecule has 1 saturated carbocycles. The summed E-state index contributed by atoms with van der Waals surface area (Å²) in [4.78, 5) is 23.3. The minimum atomic E-state index is -2.73. The summed E-state index contributed by atoms with van der Waals surface area (Å²) in [6.07, 6.45) is -1.00. The quantitative estimate of drug-likeness (QED) is 0.375. The van der Waals surface area contributed by atoms with Crippen molar-refractivity contribution in [3.05, 3.63) is 75.6 Å². The number of aromatic nitrogens is 2. The lowest BCUT2D eigenvalue weighted by molar-refractivity contribution is -0.384. The highest BCUT2D eigenvalue weighted by Gasteiger charge is 2.30. The van der Waals surface area contributed by atoms with E-state index >= 15 is 0 Å². The third-order valence-electron chi connectivity index (χ3n) is 5.05. The van der Waals surface area contributed by atoms with Crippen molar-refractivity contribution in [3.63, 3.8) is 0 Å². The van der Waals surface area contributed by atoms with Crippen molar-refractivity contribution < 1.29 is 23.2 Å². The van der Waals surface area contributed by atoms with E-state index in [9.17, 15) is 23.7 Å². The monoisotopic (exact) mass is 442 g/mol. The molecule has 1 aliphatic carbocycles. The van der Waals surface area contributed by atoms with Crippen LogP contribution in [0.1, 0.15) is 42.1 Å². The van der Waals surface area contributed by atoms with E-state index in [0.29, 0.717) is 11.4 Å². The summed E-state index contributed by atoms with van der Waals surface area (Å²) in [5.74, 6) is 0.282. The van der Waals surface area contributed by atoms with E-state index in [1.165, 1.54) is 28.9 Å². The summed E-state index contributed by atoms with van der Waals surface area (Å²) >= 11 is 0. The van der Waals surface area contributed by atoms with Crippen LogP contribution in [0.4, 0.5) is 20.2 Å². The Hall–Kier alpha value is -3.82. The molecule has 32 heavy (non-hydrogen) atoms. The summed E-state index contributed by atoms with van der Waals surface area (Å²) in [6, 6.07) is 12.4. The topological polar surface area (TPSA) is 99.3 Å². The highest BCUT2D eigenvalue weighted by Crippen LogP contribution is 2.41. The third kappa shape index (κ3) is 4.90. The third-order valence-corrected chi connectivity index (χ3v) is 5.05. The Morgan fingerprint density at radius 2 is 2.03 bits per heavy atom. The van der Waals surface area contributed by atoms with Crippen molar-refractivity contribution in [1.82, 2.24) is 9.78 Å². The molecule has 0 atom stereocenters. The van der Waals surface area contributed by atoms with Crippen LogP contribution in [0, 0.1) is 17.0 Å². The molecule has 1 N–H and O–H groups in total. The largest absolute Gasteiger partial charge is 0.457 e. The second kappa shape index (κ2) is 8.74. The van der Waals surface area contributed by atoms with Crippen LogP contribution in [0.5, 0.6) is 11.5 Å². The lowest BCUT2D eigenvalue weighted by Crippen LogP contribution is -2.21. The molecule has 166 valence electrons. The average Bonchev–Trinajstić information content (AvgIpc) is 3.49. The van der Waals surface area contributed by atoms with Gasteiger partial charge in [-0.2, -0.15) is 5.10 Å². The minimum Gasteiger partial charge on any atom is -0.457 e. The summed E-state index contributed by atoms with van der Waals surface area (Å²) < 4.78 is 33.1. The van der Waals surface area contributed by atoms with Crippen molar-refractivity contribution in [2.75, 3.05) is 5.32 Å². The number of hydrogen-bond donors (Lipinski definition) is 1. The van der Waals surface area contributed by atoms with Gasteiger partial charge in [0.25, 0.3) is 12.1 Å². The SMILES string of the molecule is Cc1ccccc1Oc1cc(NC(=O)Cn2nc(C(F)F)cc2C2CC2)cc([N+](=O)[O-])c1. The van der Waals surface area contributed by atoms with Crippen LogP contribution in [-0.4, -0.2) is 20.6 Å². The van der Waals surface area contributed by atoms with Crippen LogP contribution in [0.25, 0.3) is 0 Å². The van der Waals surface area contributed by atoms with Crippen molar-refractivity contribution in [3.8, 4) is 11.5 Å². The number of nitrogens with one attached hydrogen (secondary N) is 1. The zero-order valence-electron chi connectivity index (χ0n) is 17.1. The normalized spacial score (nSPS) is 13.2. The van der Waals surface area contributed by atoms with Crippen molar-refractivity contribution >= 4 is 17.3 Å². The lowest BCUT2D eigenvalue weighted by Gasteiger charge is -2.11. The molecule has 1 amide bonds. The van der Waals surface area contributed by atoms with E-state index in [2.05, 4.69) is 10.4 Å². The molecule has 0 unspecified atom stereocenters. The predicted octanol–water partition coefficient (Wildman–Crippen LogP) is 5.35. The van der Waals surface area contributed by atoms with Gasteiger partial charge in [-0.15, -0.1) is 0 Å². The fourth-order valence-corrected chi connectivity index (χ4v) is 3.35. The second-order valence-electron chi connectivity index (χ2n) is 7.62. The van der Waals surface area contributed by atoms with E-state index in [0.717, 1.165) is 18.4 Å². The van der Waals surface area contributed by atoms with Gasteiger partial charge in [-0.3, -0.25) is 19.6 Å². The van der Waals surface area contributed by atoms with Gasteiger partial charge in [0.05, 0.1) is 16.7 Å². The van der Waals surface area contributed by atoms with Crippen molar-refractivity contribution in [1.29, 1.82) is 0 Å². The molecule has 2 aromatic carbocycles. The van der Waals surface area contributed by atoms with E-state index in [1.54, 1.807) is 12.1 Å². The molecule has 0 saturated heterocycles. The molecule has 1 heterocycles. The van der Waals surface area contributed by atoms with Gasteiger partial charge in [0.15, 0.2) is 0 Å². The zero-order chi connectivity index (χ0) is 22.8. The van der Waals surface area contributed by atoms with E-state index in [4.69, 9.17) is 4.74 Å². The maximum Gasteiger partial charge on any atom is 0.282 e. The first-order valence-electron chi connectivity index (χ1n) is 9.99. The Bertz CT molecular complexity index is 1170. The Morgan fingerprint density at radius 1 is 1.28 bits per heavy atom. The van der Waals surface area contributed by atoms with Gasteiger partial charge < -0.3 is 10.1 Å². The first-order valence-corrected chi connectivity index (χ1v) is 9.99. The van der Waals surface area contributed by atoms with Crippen LogP contribution in [0.15, 0.2) is 48.5 Å². The molecule has 0 bridgehead atoms. The zero-order valence-corrected chi connectivity index (χ0v) is 17.1. The second-order valence-corrected chi connectivity index (χ2v) is 7.62. The van der Waals surface area contributed by atoms with E-state index < -0.39 is 17.3 Å². The average molecular weight is 442 g/mol. The maximum absolute atomic E-state index is 13.0. The predicted molar refractivity (Wildman–Crippen MR) is 112 cm³/mol. The summed E-state index contributed by atoms with van der Waals surface area (Å²) in [6.45, 7) is 1.56. The Morgan fingerprint density at radius 3 is 2.69 bits per heavy atom. The van der Waals surface area contributed by atoms with Gasteiger partial charge in [-0.05, 0) is 37.5 Å². The number of ether oxygens (including phenoxy) is 1. The van der Waals surface area contributed by atoms with Crippen molar-refractivity contribution in [2.24, 2.45) is 0 Å².